The van der Waals surface area contributed by atoms with E-state index in [9.17, 15) is 14.4 Å². The molecule has 7 heteroatoms. The molecule has 4 aromatic rings. The van der Waals surface area contributed by atoms with Gasteiger partial charge in [-0.15, -0.1) is 11.3 Å². The minimum absolute atomic E-state index is 0.0945. The third-order valence-corrected chi connectivity index (χ3v) is 6.58. The van der Waals surface area contributed by atoms with E-state index in [0.717, 1.165) is 16.0 Å². The molecule has 0 saturated carbocycles. The number of aromatic nitrogens is 3. The zero-order valence-electron chi connectivity index (χ0n) is 17.2. The van der Waals surface area contributed by atoms with E-state index in [1.54, 1.807) is 13.8 Å². The van der Waals surface area contributed by atoms with Gasteiger partial charge in [0.2, 0.25) is 0 Å². The van der Waals surface area contributed by atoms with E-state index >= 15 is 0 Å². The average molecular weight is 420 g/mol. The summed E-state index contributed by atoms with van der Waals surface area (Å²) in [5, 5.41) is 0.540. The first-order valence-corrected chi connectivity index (χ1v) is 10.4. The largest absolute Gasteiger partial charge is 0.355 e. The van der Waals surface area contributed by atoms with Gasteiger partial charge in [-0.1, -0.05) is 30.3 Å². The van der Waals surface area contributed by atoms with Crippen molar-refractivity contribution in [1.29, 1.82) is 0 Å². The number of nitrogens with one attached hydrogen (secondary N) is 1. The van der Waals surface area contributed by atoms with Crippen LogP contribution in [-0.4, -0.2) is 26.1 Å². The Hall–Kier alpha value is -3.32. The van der Waals surface area contributed by atoms with Gasteiger partial charge < -0.3 is 4.98 Å². The molecule has 0 radical (unpaired) electrons. The Balaban J connectivity index is 1.74. The number of aromatic amines is 1. The van der Waals surface area contributed by atoms with Crippen LogP contribution in [0.3, 0.4) is 0 Å². The number of hydrogen-bond acceptors (Lipinski definition) is 5. The number of ketones is 2. The molecule has 6 nitrogen and oxygen atoms in total. The third kappa shape index (κ3) is 3.21. The fourth-order valence-electron chi connectivity index (χ4n) is 3.93. The molecule has 4 rings (SSSR count). The number of rotatable bonds is 5. The van der Waals surface area contributed by atoms with Gasteiger partial charge in [-0.2, -0.15) is 0 Å². The summed E-state index contributed by atoms with van der Waals surface area (Å²) in [6, 6.07) is 9.87. The van der Waals surface area contributed by atoms with E-state index in [2.05, 4.69) is 9.97 Å². The summed E-state index contributed by atoms with van der Waals surface area (Å²) in [6.07, 6.45) is 1.42. The Kier molecular flexibility index (Phi) is 4.99. The van der Waals surface area contributed by atoms with E-state index in [0.29, 0.717) is 32.7 Å². The number of aryl methyl sites for hydroxylation is 2. The highest BCUT2D eigenvalue weighted by Crippen LogP contribution is 2.35. The van der Waals surface area contributed by atoms with E-state index in [1.165, 1.54) is 29.2 Å². The van der Waals surface area contributed by atoms with Crippen molar-refractivity contribution in [3.8, 4) is 10.4 Å². The van der Waals surface area contributed by atoms with Crippen molar-refractivity contribution in [2.24, 2.45) is 0 Å². The second-order valence-corrected chi connectivity index (χ2v) is 8.38. The molecule has 0 aliphatic carbocycles. The normalized spacial score (nSPS) is 11.2. The van der Waals surface area contributed by atoms with Crippen molar-refractivity contribution >= 4 is 33.1 Å². The summed E-state index contributed by atoms with van der Waals surface area (Å²) in [4.78, 5) is 47.0. The van der Waals surface area contributed by atoms with Crippen molar-refractivity contribution in [1.82, 2.24) is 14.5 Å². The first-order valence-electron chi connectivity index (χ1n) is 9.56. The van der Waals surface area contributed by atoms with Crippen molar-refractivity contribution in [2.75, 3.05) is 0 Å². The lowest BCUT2D eigenvalue weighted by Crippen LogP contribution is -2.25. The molecule has 0 atom stereocenters. The molecule has 152 valence electrons. The molecule has 0 amide bonds. The van der Waals surface area contributed by atoms with Crippen molar-refractivity contribution < 1.29 is 9.59 Å². The standard InChI is InChI=1S/C23H21N3O3S/c1-12-18(15(4)27)14(3)25-20(12)17(28)10-26-11-24-22-19(23(26)29)13(2)21(30-22)16-8-6-5-7-9-16/h5-9,11,25H,10H2,1-4H3. The molecule has 30 heavy (non-hydrogen) atoms. The van der Waals surface area contributed by atoms with Gasteiger partial charge in [-0.3, -0.25) is 19.0 Å². The maximum absolute atomic E-state index is 13.1. The average Bonchev–Trinajstić information content (AvgIpc) is 3.21. The smallest absolute Gasteiger partial charge is 0.262 e. The molecular weight excluding hydrogens is 398 g/mol. The quantitative estimate of drug-likeness (QED) is 0.484. The highest BCUT2D eigenvalue weighted by molar-refractivity contribution is 7.22. The second-order valence-electron chi connectivity index (χ2n) is 7.38. The summed E-state index contributed by atoms with van der Waals surface area (Å²) in [7, 11) is 0. The molecule has 0 fully saturated rings. The highest BCUT2D eigenvalue weighted by Gasteiger charge is 2.21. The van der Waals surface area contributed by atoms with Crippen LogP contribution in [-0.2, 0) is 6.54 Å². The maximum Gasteiger partial charge on any atom is 0.262 e. The number of Topliss-reactive ketones (excluding diaryl/α,β-unsaturated/α-hetero) is 2. The van der Waals surface area contributed by atoms with Crippen LogP contribution in [0.5, 0.6) is 0 Å². The molecule has 3 heterocycles. The molecule has 1 N–H and O–H groups in total. The summed E-state index contributed by atoms with van der Waals surface area (Å²) in [6.45, 7) is 6.75. The molecular formula is C23H21N3O3S. The first kappa shape index (κ1) is 20.0. The Morgan fingerprint density at radius 1 is 1.10 bits per heavy atom. The summed E-state index contributed by atoms with van der Waals surface area (Å²) >= 11 is 1.47. The minimum atomic E-state index is -0.262. The van der Waals surface area contributed by atoms with Crippen LogP contribution in [0, 0.1) is 20.8 Å². The number of hydrogen-bond donors (Lipinski definition) is 1. The van der Waals surface area contributed by atoms with Gasteiger partial charge in [0.1, 0.15) is 4.83 Å². The number of nitrogens with zero attached hydrogens (tertiary/aromatic N) is 2. The van der Waals surface area contributed by atoms with E-state index < -0.39 is 0 Å². The predicted molar refractivity (Wildman–Crippen MR) is 119 cm³/mol. The van der Waals surface area contributed by atoms with Gasteiger partial charge >= 0.3 is 0 Å². The third-order valence-electron chi connectivity index (χ3n) is 5.34. The number of carbonyl (C=O) groups excluding carboxylic acids is 2. The van der Waals surface area contributed by atoms with Crippen molar-refractivity contribution in [2.45, 2.75) is 34.2 Å². The number of benzene rings is 1. The van der Waals surface area contributed by atoms with Crippen molar-refractivity contribution in [3.05, 3.63) is 75.1 Å². The maximum atomic E-state index is 13.1. The Morgan fingerprint density at radius 3 is 2.43 bits per heavy atom. The molecule has 0 saturated heterocycles. The van der Waals surface area contributed by atoms with Crippen LogP contribution in [0.15, 0.2) is 41.5 Å². The topological polar surface area (TPSA) is 84.8 Å². The van der Waals surface area contributed by atoms with Gasteiger partial charge in [-0.25, -0.2) is 4.98 Å². The number of carbonyl (C=O) groups is 2. The summed E-state index contributed by atoms with van der Waals surface area (Å²) in [5.41, 5.74) is 3.82. The number of fused-ring (bicyclic) bond motifs is 1. The SMILES string of the molecule is CC(=O)c1c(C)[nH]c(C(=O)Cn2cnc3sc(-c4ccccc4)c(C)c3c2=O)c1C. The fourth-order valence-corrected chi connectivity index (χ4v) is 5.07. The lowest BCUT2D eigenvalue weighted by atomic mass is 10.1. The number of H-pyrrole nitrogens is 1. The van der Waals surface area contributed by atoms with Crippen LogP contribution in [0.2, 0.25) is 0 Å². The van der Waals surface area contributed by atoms with E-state index in [1.807, 2.05) is 37.3 Å². The molecule has 0 aliphatic heterocycles. The summed E-state index contributed by atoms with van der Waals surface area (Å²) < 4.78 is 1.34. The lowest BCUT2D eigenvalue weighted by molar-refractivity contribution is 0.0965. The molecule has 0 spiro atoms. The molecule has 3 aromatic heterocycles. The molecule has 0 aliphatic rings. The Bertz CT molecular complexity index is 1360. The van der Waals surface area contributed by atoms with E-state index in [-0.39, 0.29) is 23.7 Å². The zero-order chi connectivity index (χ0) is 21.6. The molecule has 0 unspecified atom stereocenters. The van der Waals surface area contributed by atoms with Gasteiger partial charge in [0.15, 0.2) is 11.6 Å². The Morgan fingerprint density at radius 2 is 1.80 bits per heavy atom. The van der Waals surface area contributed by atoms with Crippen molar-refractivity contribution in [3.63, 3.8) is 0 Å². The first-order chi connectivity index (χ1) is 14.3. The second kappa shape index (κ2) is 7.50. The van der Waals surface area contributed by atoms with Crippen LogP contribution in [0.1, 0.15) is 44.6 Å². The Labute approximate surface area is 177 Å². The zero-order valence-corrected chi connectivity index (χ0v) is 18.0. The van der Waals surface area contributed by atoms with Gasteiger partial charge in [0.05, 0.1) is 24.0 Å². The summed E-state index contributed by atoms with van der Waals surface area (Å²) in [5.74, 6) is -0.356. The van der Waals surface area contributed by atoms with Crippen LogP contribution < -0.4 is 5.56 Å². The molecule has 0 bridgehead atoms. The fraction of sp³-hybridized carbons (Fsp3) is 0.217. The minimum Gasteiger partial charge on any atom is -0.355 e. The van der Waals surface area contributed by atoms with Gasteiger partial charge in [0.25, 0.3) is 5.56 Å². The van der Waals surface area contributed by atoms with Crippen LogP contribution in [0.25, 0.3) is 20.7 Å². The predicted octanol–water partition coefficient (Wildman–Crippen LogP) is 4.46. The van der Waals surface area contributed by atoms with Crippen LogP contribution in [0.4, 0.5) is 0 Å². The lowest BCUT2D eigenvalue weighted by Gasteiger charge is -2.05. The van der Waals surface area contributed by atoms with Gasteiger partial charge in [-0.05, 0) is 44.4 Å². The monoisotopic (exact) mass is 419 g/mol. The number of thiophene rings is 1. The van der Waals surface area contributed by atoms with Gasteiger partial charge in [0, 0.05) is 16.1 Å². The highest BCUT2D eigenvalue weighted by atomic mass is 32.1. The molecule has 1 aromatic carbocycles. The van der Waals surface area contributed by atoms with Crippen LogP contribution >= 0.6 is 11.3 Å². The van der Waals surface area contributed by atoms with E-state index in [4.69, 9.17) is 0 Å².